The van der Waals surface area contributed by atoms with Crippen molar-refractivity contribution < 1.29 is 14.6 Å². The Labute approximate surface area is 89.6 Å². The molecule has 0 heterocycles. The van der Waals surface area contributed by atoms with E-state index in [4.69, 9.17) is 15.2 Å². The topological polar surface area (TPSA) is 64.7 Å². The molecule has 3 N–H and O–H groups in total. The highest BCUT2D eigenvalue weighted by molar-refractivity contribution is 5.43. The first-order valence-corrected chi connectivity index (χ1v) is 4.68. The number of methoxy groups -OCH3 is 2. The standard InChI is InChI=1S/C11H17NO3/c1-11(12,13)7-8-4-5-9(14-2)10(6-8)15-3/h4-6,13H,7,12H2,1-3H3/t11-/m0/s1. The minimum Gasteiger partial charge on any atom is -0.493 e. The molecule has 0 aliphatic rings. The maximum absolute atomic E-state index is 9.47. The number of hydrogen-bond donors (Lipinski definition) is 2. The van der Waals surface area contributed by atoms with Gasteiger partial charge in [0, 0.05) is 6.42 Å². The van der Waals surface area contributed by atoms with Crippen LogP contribution in [0.2, 0.25) is 0 Å². The molecule has 0 bridgehead atoms. The number of benzene rings is 1. The Bertz CT molecular complexity index is 331. The van der Waals surface area contributed by atoms with Crippen LogP contribution in [0.15, 0.2) is 18.2 Å². The Balaban J connectivity index is 2.93. The Hall–Kier alpha value is -1.26. The quantitative estimate of drug-likeness (QED) is 0.727. The first-order chi connectivity index (χ1) is 6.96. The molecule has 4 nitrogen and oxygen atoms in total. The number of aliphatic hydroxyl groups is 1. The highest BCUT2D eigenvalue weighted by Crippen LogP contribution is 2.28. The third-order valence-corrected chi connectivity index (χ3v) is 2.01. The van der Waals surface area contributed by atoms with E-state index in [0.29, 0.717) is 17.9 Å². The third kappa shape index (κ3) is 3.42. The molecule has 0 unspecified atom stereocenters. The molecule has 1 atom stereocenters. The predicted molar refractivity (Wildman–Crippen MR) is 58.1 cm³/mol. The van der Waals surface area contributed by atoms with Crippen LogP contribution in [0.1, 0.15) is 12.5 Å². The second-order valence-corrected chi connectivity index (χ2v) is 3.72. The molecule has 4 heteroatoms. The van der Waals surface area contributed by atoms with Crippen molar-refractivity contribution in [3.05, 3.63) is 23.8 Å². The molecule has 1 aromatic carbocycles. The molecule has 0 amide bonds. The van der Waals surface area contributed by atoms with Crippen molar-refractivity contribution in [2.75, 3.05) is 14.2 Å². The molecule has 1 aromatic rings. The average molecular weight is 211 g/mol. The van der Waals surface area contributed by atoms with Gasteiger partial charge in [-0.3, -0.25) is 0 Å². The molecule has 0 aliphatic heterocycles. The zero-order valence-electron chi connectivity index (χ0n) is 9.28. The predicted octanol–water partition coefficient (Wildman–Crippen LogP) is 0.913. The zero-order valence-corrected chi connectivity index (χ0v) is 9.28. The molecule has 0 radical (unpaired) electrons. The van der Waals surface area contributed by atoms with Gasteiger partial charge in [0.2, 0.25) is 0 Å². The number of nitrogens with two attached hydrogens (primary N) is 1. The number of ether oxygens (including phenoxy) is 2. The largest absolute Gasteiger partial charge is 0.493 e. The third-order valence-electron chi connectivity index (χ3n) is 2.01. The van der Waals surface area contributed by atoms with Crippen molar-refractivity contribution in [3.8, 4) is 11.5 Å². The summed E-state index contributed by atoms with van der Waals surface area (Å²) in [6, 6.07) is 5.45. The van der Waals surface area contributed by atoms with Gasteiger partial charge < -0.3 is 20.3 Å². The zero-order chi connectivity index (χ0) is 11.5. The second kappa shape index (κ2) is 4.51. The summed E-state index contributed by atoms with van der Waals surface area (Å²) >= 11 is 0. The highest BCUT2D eigenvalue weighted by atomic mass is 16.5. The fourth-order valence-corrected chi connectivity index (χ4v) is 1.40. The molecule has 0 spiro atoms. The average Bonchev–Trinajstić information content (AvgIpc) is 2.15. The van der Waals surface area contributed by atoms with Crippen LogP contribution in [0.3, 0.4) is 0 Å². The van der Waals surface area contributed by atoms with E-state index in [1.807, 2.05) is 6.07 Å². The van der Waals surface area contributed by atoms with E-state index in [-0.39, 0.29) is 0 Å². The summed E-state index contributed by atoms with van der Waals surface area (Å²) in [5.41, 5.74) is 5.21. The van der Waals surface area contributed by atoms with Gasteiger partial charge in [-0.25, -0.2) is 0 Å². The molecule has 84 valence electrons. The maximum Gasteiger partial charge on any atom is 0.160 e. The van der Waals surface area contributed by atoms with E-state index >= 15 is 0 Å². The summed E-state index contributed by atoms with van der Waals surface area (Å²) in [5.74, 6) is 1.30. The van der Waals surface area contributed by atoms with Gasteiger partial charge in [0.05, 0.1) is 14.2 Å². The number of rotatable bonds is 4. The molecule has 0 aliphatic carbocycles. The van der Waals surface area contributed by atoms with Crippen molar-refractivity contribution in [2.24, 2.45) is 5.73 Å². The van der Waals surface area contributed by atoms with Gasteiger partial charge in [0.15, 0.2) is 11.5 Å². The van der Waals surface area contributed by atoms with Crippen LogP contribution in [-0.2, 0) is 6.42 Å². The Morgan fingerprint density at radius 1 is 1.27 bits per heavy atom. The van der Waals surface area contributed by atoms with E-state index < -0.39 is 5.72 Å². The van der Waals surface area contributed by atoms with Crippen molar-refractivity contribution in [1.82, 2.24) is 0 Å². The van der Waals surface area contributed by atoms with Gasteiger partial charge >= 0.3 is 0 Å². The monoisotopic (exact) mass is 211 g/mol. The first kappa shape index (κ1) is 11.8. The summed E-state index contributed by atoms with van der Waals surface area (Å²) in [4.78, 5) is 0. The molecule has 15 heavy (non-hydrogen) atoms. The summed E-state index contributed by atoms with van der Waals surface area (Å²) in [6.45, 7) is 1.56. The molecular weight excluding hydrogens is 194 g/mol. The fourth-order valence-electron chi connectivity index (χ4n) is 1.40. The van der Waals surface area contributed by atoms with Crippen LogP contribution in [-0.4, -0.2) is 25.1 Å². The lowest BCUT2D eigenvalue weighted by molar-refractivity contribution is 0.0676. The highest BCUT2D eigenvalue weighted by Gasteiger charge is 2.15. The lowest BCUT2D eigenvalue weighted by Crippen LogP contribution is -2.37. The number of hydrogen-bond acceptors (Lipinski definition) is 4. The summed E-state index contributed by atoms with van der Waals surface area (Å²) in [5, 5.41) is 9.47. The molecule has 0 saturated heterocycles. The lowest BCUT2D eigenvalue weighted by atomic mass is 10.0. The van der Waals surface area contributed by atoms with Gasteiger partial charge in [-0.15, -0.1) is 0 Å². The normalized spacial score (nSPS) is 14.5. The van der Waals surface area contributed by atoms with Gasteiger partial charge in [-0.05, 0) is 24.6 Å². The Morgan fingerprint density at radius 3 is 2.33 bits per heavy atom. The van der Waals surface area contributed by atoms with Gasteiger partial charge in [0.25, 0.3) is 0 Å². The fraction of sp³-hybridized carbons (Fsp3) is 0.455. The van der Waals surface area contributed by atoms with E-state index in [1.165, 1.54) is 0 Å². The summed E-state index contributed by atoms with van der Waals surface area (Å²) in [7, 11) is 3.15. The molecule has 1 rings (SSSR count). The minimum absolute atomic E-state index is 0.368. The summed E-state index contributed by atoms with van der Waals surface area (Å²) < 4.78 is 10.2. The van der Waals surface area contributed by atoms with Crippen LogP contribution in [0.4, 0.5) is 0 Å². The van der Waals surface area contributed by atoms with Crippen LogP contribution in [0.25, 0.3) is 0 Å². The Morgan fingerprint density at radius 2 is 1.87 bits per heavy atom. The molecule has 0 aromatic heterocycles. The van der Waals surface area contributed by atoms with Crippen molar-refractivity contribution >= 4 is 0 Å². The maximum atomic E-state index is 9.47. The molecular formula is C11H17NO3. The van der Waals surface area contributed by atoms with Crippen LogP contribution < -0.4 is 15.2 Å². The van der Waals surface area contributed by atoms with Crippen LogP contribution in [0, 0.1) is 0 Å². The van der Waals surface area contributed by atoms with E-state index in [0.717, 1.165) is 5.56 Å². The van der Waals surface area contributed by atoms with Gasteiger partial charge in [0.1, 0.15) is 5.72 Å². The van der Waals surface area contributed by atoms with Gasteiger partial charge in [-0.2, -0.15) is 0 Å². The SMILES string of the molecule is COc1ccc(C[C@@](C)(N)O)cc1OC. The summed E-state index contributed by atoms with van der Waals surface area (Å²) in [6.07, 6.45) is 0.368. The minimum atomic E-state index is -1.21. The second-order valence-electron chi connectivity index (χ2n) is 3.72. The Kier molecular flexibility index (Phi) is 3.55. The molecule has 0 saturated carbocycles. The first-order valence-electron chi connectivity index (χ1n) is 4.68. The van der Waals surface area contributed by atoms with E-state index in [9.17, 15) is 5.11 Å². The smallest absolute Gasteiger partial charge is 0.160 e. The van der Waals surface area contributed by atoms with Crippen molar-refractivity contribution in [2.45, 2.75) is 19.1 Å². The van der Waals surface area contributed by atoms with Crippen LogP contribution in [0.5, 0.6) is 11.5 Å². The van der Waals surface area contributed by atoms with E-state index in [2.05, 4.69) is 0 Å². The van der Waals surface area contributed by atoms with E-state index in [1.54, 1.807) is 33.3 Å². The molecule has 0 fully saturated rings. The van der Waals surface area contributed by atoms with Crippen molar-refractivity contribution in [1.29, 1.82) is 0 Å². The van der Waals surface area contributed by atoms with Crippen molar-refractivity contribution in [3.63, 3.8) is 0 Å². The van der Waals surface area contributed by atoms with Gasteiger partial charge in [-0.1, -0.05) is 6.07 Å². The van der Waals surface area contributed by atoms with Crippen LogP contribution >= 0.6 is 0 Å². The lowest BCUT2D eigenvalue weighted by Gasteiger charge is -2.18.